The second kappa shape index (κ2) is 10.4. The quantitative estimate of drug-likeness (QED) is 0.544. The number of carbonyl (C=O) groups excluding carboxylic acids is 2. The topological polar surface area (TPSA) is 64.6 Å². The van der Waals surface area contributed by atoms with Crippen molar-refractivity contribution in [3.05, 3.63) is 65.7 Å². The molecule has 1 atom stereocenters. The molecule has 1 N–H and O–H groups in total. The van der Waals surface area contributed by atoms with Gasteiger partial charge in [-0.2, -0.15) is 0 Å². The Bertz CT molecular complexity index is 743. The molecule has 0 bridgehead atoms. The van der Waals surface area contributed by atoms with E-state index in [4.69, 9.17) is 9.47 Å². The third-order valence-electron chi connectivity index (χ3n) is 4.12. The van der Waals surface area contributed by atoms with Crippen molar-refractivity contribution in [3.63, 3.8) is 0 Å². The van der Waals surface area contributed by atoms with Crippen molar-refractivity contribution in [2.45, 2.75) is 33.2 Å². The van der Waals surface area contributed by atoms with E-state index in [0.29, 0.717) is 0 Å². The number of aryl methyl sites for hydroxylation is 1. The van der Waals surface area contributed by atoms with Gasteiger partial charge in [0.1, 0.15) is 25.0 Å². The van der Waals surface area contributed by atoms with Gasteiger partial charge in [-0.05, 0) is 30.0 Å². The van der Waals surface area contributed by atoms with E-state index in [1.54, 1.807) is 0 Å². The second-order valence-electron chi connectivity index (χ2n) is 6.73. The van der Waals surface area contributed by atoms with Crippen LogP contribution in [-0.2, 0) is 20.7 Å². The van der Waals surface area contributed by atoms with Crippen LogP contribution in [0.4, 0.5) is 0 Å². The summed E-state index contributed by atoms with van der Waals surface area (Å²) in [4.78, 5) is 24.6. The van der Waals surface area contributed by atoms with Crippen LogP contribution in [0.1, 0.15) is 25.0 Å². The largest absolute Gasteiger partial charge is 0.490 e. The van der Waals surface area contributed by atoms with Crippen molar-refractivity contribution < 1.29 is 19.1 Å². The highest BCUT2D eigenvalue weighted by atomic mass is 16.6. The fourth-order valence-corrected chi connectivity index (χ4v) is 2.61. The third-order valence-corrected chi connectivity index (χ3v) is 4.12. The zero-order valence-electron chi connectivity index (χ0n) is 16.1. The SMILES string of the molecule is Cc1ccccc1OCCOC(=O)[C@@H](NC(=O)Cc1ccccc1)C(C)C. The summed E-state index contributed by atoms with van der Waals surface area (Å²) in [6.45, 7) is 6.10. The van der Waals surface area contributed by atoms with Gasteiger partial charge < -0.3 is 14.8 Å². The second-order valence-corrected chi connectivity index (χ2v) is 6.73. The summed E-state index contributed by atoms with van der Waals surface area (Å²) in [5.41, 5.74) is 1.93. The highest BCUT2D eigenvalue weighted by molar-refractivity contribution is 5.85. The zero-order chi connectivity index (χ0) is 19.6. The van der Waals surface area contributed by atoms with E-state index in [-0.39, 0.29) is 31.5 Å². The molecule has 0 saturated heterocycles. The molecule has 0 radical (unpaired) electrons. The number of benzene rings is 2. The first kappa shape index (κ1) is 20.5. The van der Waals surface area contributed by atoms with Crippen molar-refractivity contribution in [1.82, 2.24) is 5.32 Å². The zero-order valence-corrected chi connectivity index (χ0v) is 16.1. The molecule has 0 heterocycles. The van der Waals surface area contributed by atoms with E-state index in [0.717, 1.165) is 16.9 Å². The van der Waals surface area contributed by atoms with Crippen LogP contribution in [0.25, 0.3) is 0 Å². The van der Waals surface area contributed by atoms with Crippen LogP contribution in [0, 0.1) is 12.8 Å². The average molecular weight is 369 g/mol. The Morgan fingerprint density at radius 3 is 2.30 bits per heavy atom. The Labute approximate surface area is 160 Å². The first-order valence-electron chi connectivity index (χ1n) is 9.15. The Morgan fingerprint density at radius 1 is 0.963 bits per heavy atom. The number of para-hydroxylation sites is 1. The molecule has 2 aromatic rings. The van der Waals surface area contributed by atoms with Crippen LogP contribution < -0.4 is 10.1 Å². The molecule has 0 aromatic heterocycles. The van der Waals surface area contributed by atoms with Gasteiger partial charge in [0.15, 0.2) is 0 Å². The predicted octanol–water partition coefficient (Wildman–Crippen LogP) is 3.30. The maximum Gasteiger partial charge on any atom is 0.329 e. The van der Waals surface area contributed by atoms with E-state index in [9.17, 15) is 9.59 Å². The monoisotopic (exact) mass is 369 g/mol. The number of amides is 1. The first-order valence-corrected chi connectivity index (χ1v) is 9.15. The maximum absolute atomic E-state index is 12.4. The Balaban J connectivity index is 1.80. The molecule has 2 rings (SSSR count). The van der Waals surface area contributed by atoms with Crippen molar-refractivity contribution in [2.24, 2.45) is 5.92 Å². The molecular weight excluding hydrogens is 342 g/mol. The number of carbonyl (C=O) groups is 2. The highest BCUT2D eigenvalue weighted by Crippen LogP contribution is 2.15. The Morgan fingerprint density at radius 2 is 1.63 bits per heavy atom. The highest BCUT2D eigenvalue weighted by Gasteiger charge is 2.25. The summed E-state index contributed by atoms with van der Waals surface area (Å²) in [5, 5.41) is 2.78. The molecule has 5 nitrogen and oxygen atoms in total. The van der Waals surface area contributed by atoms with Gasteiger partial charge in [0.2, 0.25) is 5.91 Å². The van der Waals surface area contributed by atoms with Crippen LogP contribution >= 0.6 is 0 Å². The Hall–Kier alpha value is -2.82. The van der Waals surface area contributed by atoms with Crippen LogP contribution in [0.3, 0.4) is 0 Å². The fourth-order valence-electron chi connectivity index (χ4n) is 2.61. The number of esters is 1. The van der Waals surface area contributed by atoms with Crippen molar-refractivity contribution in [3.8, 4) is 5.75 Å². The molecule has 0 aliphatic heterocycles. The molecule has 144 valence electrons. The number of ether oxygens (including phenoxy) is 2. The maximum atomic E-state index is 12.4. The molecule has 0 aliphatic rings. The molecule has 0 fully saturated rings. The standard InChI is InChI=1S/C22H27NO4/c1-16(2)21(23-20(24)15-18-10-5-4-6-11-18)22(25)27-14-13-26-19-12-8-7-9-17(19)3/h4-12,16,21H,13-15H2,1-3H3,(H,23,24)/t21-/m0/s1. The Kier molecular flexibility index (Phi) is 7.86. The van der Waals surface area contributed by atoms with Gasteiger partial charge in [-0.25, -0.2) is 4.79 Å². The lowest BCUT2D eigenvalue weighted by molar-refractivity contribution is -0.149. The molecular formula is C22H27NO4. The summed E-state index contributed by atoms with van der Waals surface area (Å²) in [6.07, 6.45) is 0.230. The summed E-state index contributed by atoms with van der Waals surface area (Å²) >= 11 is 0. The van der Waals surface area contributed by atoms with Crippen molar-refractivity contribution in [1.29, 1.82) is 0 Å². The van der Waals surface area contributed by atoms with Crippen LogP contribution in [-0.4, -0.2) is 31.1 Å². The van der Waals surface area contributed by atoms with Crippen LogP contribution in [0.2, 0.25) is 0 Å². The van der Waals surface area contributed by atoms with Crippen molar-refractivity contribution in [2.75, 3.05) is 13.2 Å². The van der Waals surface area contributed by atoms with Gasteiger partial charge in [0, 0.05) is 0 Å². The molecule has 2 aromatic carbocycles. The predicted molar refractivity (Wildman–Crippen MR) is 105 cm³/mol. The molecule has 0 aliphatic carbocycles. The molecule has 27 heavy (non-hydrogen) atoms. The van der Waals surface area contributed by atoms with Gasteiger partial charge in [0.25, 0.3) is 0 Å². The number of rotatable bonds is 9. The lowest BCUT2D eigenvalue weighted by Gasteiger charge is -2.21. The summed E-state index contributed by atoms with van der Waals surface area (Å²) in [7, 11) is 0. The van der Waals surface area contributed by atoms with Gasteiger partial charge in [-0.15, -0.1) is 0 Å². The minimum absolute atomic E-state index is 0.0745. The number of hydrogen-bond acceptors (Lipinski definition) is 4. The summed E-state index contributed by atoms with van der Waals surface area (Å²) < 4.78 is 10.9. The van der Waals surface area contributed by atoms with E-state index in [1.807, 2.05) is 75.4 Å². The number of nitrogens with one attached hydrogen (secondary N) is 1. The van der Waals surface area contributed by atoms with Gasteiger partial charge in [-0.1, -0.05) is 62.4 Å². The van der Waals surface area contributed by atoms with Crippen LogP contribution in [0.5, 0.6) is 5.75 Å². The minimum atomic E-state index is -0.681. The van der Waals surface area contributed by atoms with Gasteiger partial charge in [0.05, 0.1) is 6.42 Å². The van der Waals surface area contributed by atoms with Crippen molar-refractivity contribution >= 4 is 11.9 Å². The lowest BCUT2D eigenvalue weighted by Crippen LogP contribution is -2.46. The average Bonchev–Trinajstić information content (AvgIpc) is 2.65. The molecule has 0 saturated carbocycles. The lowest BCUT2D eigenvalue weighted by atomic mass is 10.0. The summed E-state index contributed by atoms with van der Waals surface area (Å²) in [5.74, 6) is 0.0486. The fraction of sp³-hybridized carbons (Fsp3) is 0.364. The van der Waals surface area contributed by atoms with E-state index >= 15 is 0 Å². The van der Waals surface area contributed by atoms with E-state index < -0.39 is 12.0 Å². The minimum Gasteiger partial charge on any atom is -0.490 e. The van der Waals surface area contributed by atoms with Gasteiger partial charge >= 0.3 is 5.97 Å². The molecule has 5 heteroatoms. The van der Waals surface area contributed by atoms with E-state index in [2.05, 4.69) is 5.32 Å². The number of hydrogen-bond donors (Lipinski definition) is 1. The third kappa shape index (κ3) is 6.77. The smallest absolute Gasteiger partial charge is 0.329 e. The van der Waals surface area contributed by atoms with Gasteiger partial charge in [-0.3, -0.25) is 4.79 Å². The molecule has 0 spiro atoms. The van der Waals surface area contributed by atoms with Crippen LogP contribution in [0.15, 0.2) is 54.6 Å². The molecule has 1 amide bonds. The normalized spacial score (nSPS) is 11.7. The first-order chi connectivity index (χ1) is 13.0. The summed E-state index contributed by atoms with van der Waals surface area (Å²) in [6, 6.07) is 16.4. The van der Waals surface area contributed by atoms with E-state index in [1.165, 1.54) is 0 Å². The molecule has 0 unspecified atom stereocenters.